The monoisotopic (exact) mass is 264 g/mol. The summed E-state index contributed by atoms with van der Waals surface area (Å²) in [5.41, 5.74) is 0. The summed E-state index contributed by atoms with van der Waals surface area (Å²) in [6.07, 6.45) is 19.4. The van der Waals surface area contributed by atoms with Gasteiger partial charge in [-0.25, -0.2) is 0 Å². The van der Waals surface area contributed by atoms with Crippen molar-refractivity contribution in [1.29, 1.82) is 0 Å². The van der Waals surface area contributed by atoms with Crippen LogP contribution in [-0.2, 0) is 4.79 Å². The molecule has 0 aliphatic rings. The molecule has 0 rings (SSSR count). The third-order valence-corrected chi connectivity index (χ3v) is 3.57. The van der Waals surface area contributed by atoms with E-state index in [0.717, 1.165) is 12.8 Å². The minimum Gasteiger partial charge on any atom is -0.289 e. The standard InChI is InChI=1S/C18H32O/c1-2-3-4-5-6-7-8-9-10-11-12-13-14-15-16-17-18-19/h18H,2-15H2,1H3. The second-order valence-electron chi connectivity index (χ2n) is 5.43. The van der Waals surface area contributed by atoms with Crippen LogP contribution in [0.2, 0.25) is 0 Å². The van der Waals surface area contributed by atoms with Crippen LogP contribution in [0.3, 0.4) is 0 Å². The molecule has 0 heterocycles. The fraction of sp³-hybridized carbons (Fsp3) is 0.833. The number of hydrogen-bond donors (Lipinski definition) is 0. The fourth-order valence-corrected chi connectivity index (χ4v) is 2.34. The van der Waals surface area contributed by atoms with Gasteiger partial charge in [-0.1, -0.05) is 89.9 Å². The molecule has 0 N–H and O–H groups in total. The highest BCUT2D eigenvalue weighted by atomic mass is 16.1. The summed E-state index contributed by atoms with van der Waals surface area (Å²) in [7, 11) is 0. The highest BCUT2D eigenvalue weighted by Crippen LogP contribution is 2.12. The Kier molecular flexibility index (Phi) is 16.5. The fourth-order valence-electron chi connectivity index (χ4n) is 2.34. The minimum atomic E-state index is 0.683. The quantitative estimate of drug-likeness (QED) is 0.238. The van der Waals surface area contributed by atoms with Crippen LogP contribution in [0.4, 0.5) is 0 Å². The van der Waals surface area contributed by atoms with Crippen molar-refractivity contribution >= 4 is 6.29 Å². The van der Waals surface area contributed by atoms with Crippen molar-refractivity contribution in [2.75, 3.05) is 0 Å². The van der Waals surface area contributed by atoms with Crippen LogP contribution < -0.4 is 0 Å². The van der Waals surface area contributed by atoms with E-state index >= 15 is 0 Å². The van der Waals surface area contributed by atoms with E-state index in [2.05, 4.69) is 18.8 Å². The lowest BCUT2D eigenvalue weighted by molar-refractivity contribution is -0.103. The number of carbonyl (C=O) groups is 1. The van der Waals surface area contributed by atoms with Crippen LogP contribution in [-0.4, -0.2) is 6.29 Å². The van der Waals surface area contributed by atoms with Crippen molar-refractivity contribution in [2.24, 2.45) is 0 Å². The zero-order valence-corrected chi connectivity index (χ0v) is 12.9. The molecule has 0 aromatic carbocycles. The summed E-state index contributed by atoms with van der Waals surface area (Å²) in [6.45, 7) is 2.27. The lowest BCUT2D eigenvalue weighted by Crippen LogP contribution is -1.82. The Morgan fingerprint density at radius 3 is 1.53 bits per heavy atom. The molecule has 0 aromatic rings. The Morgan fingerprint density at radius 1 is 0.684 bits per heavy atom. The SMILES string of the molecule is CCCCCCCCCCCCCCCC#CC=O. The zero-order valence-electron chi connectivity index (χ0n) is 12.9. The van der Waals surface area contributed by atoms with Crippen molar-refractivity contribution in [3.63, 3.8) is 0 Å². The molecule has 0 spiro atoms. The van der Waals surface area contributed by atoms with Gasteiger partial charge in [0, 0.05) is 6.42 Å². The Hall–Kier alpha value is -0.770. The average Bonchev–Trinajstić information content (AvgIpc) is 2.43. The van der Waals surface area contributed by atoms with Crippen LogP contribution >= 0.6 is 0 Å². The topological polar surface area (TPSA) is 17.1 Å². The molecule has 0 aromatic heterocycles. The van der Waals surface area contributed by atoms with E-state index < -0.39 is 0 Å². The van der Waals surface area contributed by atoms with E-state index in [1.165, 1.54) is 77.0 Å². The molecule has 0 aliphatic heterocycles. The second-order valence-corrected chi connectivity index (χ2v) is 5.43. The Bertz CT molecular complexity index is 234. The molecule has 1 heteroatoms. The molecule has 0 bridgehead atoms. The van der Waals surface area contributed by atoms with Gasteiger partial charge in [0.05, 0.1) is 0 Å². The van der Waals surface area contributed by atoms with E-state index in [1.54, 1.807) is 0 Å². The number of aldehydes is 1. The van der Waals surface area contributed by atoms with Gasteiger partial charge >= 0.3 is 0 Å². The summed E-state index contributed by atoms with van der Waals surface area (Å²) >= 11 is 0. The molecule has 0 saturated carbocycles. The Balaban J connectivity index is 2.97. The van der Waals surface area contributed by atoms with Gasteiger partial charge in [0.15, 0.2) is 6.29 Å². The van der Waals surface area contributed by atoms with Crippen LogP contribution in [0.25, 0.3) is 0 Å². The smallest absolute Gasteiger partial charge is 0.192 e. The number of carbonyl (C=O) groups excluding carboxylic acids is 1. The molecular weight excluding hydrogens is 232 g/mol. The van der Waals surface area contributed by atoms with E-state index in [1.807, 2.05) is 0 Å². The summed E-state index contributed by atoms with van der Waals surface area (Å²) in [5.74, 6) is 5.32. The molecule has 0 unspecified atom stereocenters. The van der Waals surface area contributed by atoms with Gasteiger partial charge in [0.1, 0.15) is 0 Å². The summed E-state index contributed by atoms with van der Waals surface area (Å²) < 4.78 is 0. The molecule has 19 heavy (non-hydrogen) atoms. The molecule has 0 fully saturated rings. The van der Waals surface area contributed by atoms with Crippen LogP contribution in [0.15, 0.2) is 0 Å². The number of hydrogen-bond acceptors (Lipinski definition) is 1. The minimum absolute atomic E-state index is 0.683. The number of unbranched alkanes of at least 4 members (excludes halogenated alkanes) is 13. The molecule has 0 radical (unpaired) electrons. The molecule has 1 nitrogen and oxygen atoms in total. The maximum atomic E-state index is 9.97. The summed E-state index contributed by atoms with van der Waals surface area (Å²) in [4.78, 5) is 9.97. The van der Waals surface area contributed by atoms with Crippen molar-refractivity contribution in [3.8, 4) is 11.8 Å². The third kappa shape index (κ3) is 17.2. The van der Waals surface area contributed by atoms with Gasteiger partial charge in [-0.3, -0.25) is 4.79 Å². The molecule has 0 saturated heterocycles. The lowest BCUT2D eigenvalue weighted by atomic mass is 10.0. The highest BCUT2D eigenvalue weighted by Gasteiger charge is 1.93. The first-order valence-electron chi connectivity index (χ1n) is 8.34. The van der Waals surface area contributed by atoms with Gasteiger partial charge in [-0.05, 0) is 12.3 Å². The van der Waals surface area contributed by atoms with Gasteiger partial charge < -0.3 is 0 Å². The van der Waals surface area contributed by atoms with Crippen LogP contribution in [0.5, 0.6) is 0 Å². The molecule has 0 atom stereocenters. The predicted molar refractivity (Wildman–Crippen MR) is 84.2 cm³/mol. The average molecular weight is 264 g/mol. The highest BCUT2D eigenvalue weighted by molar-refractivity contribution is 5.72. The van der Waals surface area contributed by atoms with Gasteiger partial charge in [0.2, 0.25) is 0 Å². The first-order valence-corrected chi connectivity index (χ1v) is 8.34. The second kappa shape index (κ2) is 17.2. The van der Waals surface area contributed by atoms with E-state index in [9.17, 15) is 4.79 Å². The van der Waals surface area contributed by atoms with Crippen LogP contribution in [0, 0.1) is 11.8 Å². The van der Waals surface area contributed by atoms with E-state index in [4.69, 9.17) is 0 Å². The van der Waals surface area contributed by atoms with Gasteiger partial charge in [0.25, 0.3) is 0 Å². The van der Waals surface area contributed by atoms with Crippen molar-refractivity contribution in [2.45, 2.75) is 96.8 Å². The third-order valence-electron chi connectivity index (χ3n) is 3.57. The van der Waals surface area contributed by atoms with E-state index in [0.29, 0.717) is 6.29 Å². The largest absolute Gasteiger partial charge is 0.289 e. The normalized spacial score (nSPS) is 9.95. The number of rotatable bonds is 13. The molecular formula is C18H32O. The lowest BCUT2D eigenvalue weighted by Gasteiger charge is -2.02. The first kappa shape index (κ1) is 18.2. The predicted octanol–water partition coefficient (Wildman–Crippen LogP) is 5.67. The van der Waals surface area contributed by atoms with Crippen molar-refractivity contribution in [3.05, 3.63) is 0 Å². The Morgan fingerprint density at radius 2 is 1.11 bits per heavy atom. The maximum Gasteiger partial charge on any atom is 0.192 e. The molecule has 110 valence electrons. The van der Waals surface area contributed by atoms with Gasteiger partial charge in [-0.2, -0.15) is 0 Å². The van der Waals surface area contributed by atoms with Crippen molar-refractivity contribution < 1.29 is 4.79 Å². The van der Waals surface area contributed by atoms with E-state index in [-0.39, 0.29) is 0 Å². The van der Waals surface area contributed by atoms with Crippen molar-refractivity contribution in [1.82, 2.24) is 0 Å². The van der Waals surface area contributed by atoms with Crippen LogP contribution in [0.1, 0.15) is 96.8 Å². The Labute approximate surface area is 120 Å². The zero-order chi connectivity index (χ0) is 14.0. The molecule has 0 aliphatic carbocycles. The van der Waals surface area contributed by atoms with Gasteiger partial charge in [-0.15, -0.1) is 0 Å². The first-order chi connectivity index (χ1) is 9.41. The molecule has 0 amide bonds. The maximum absolute atomic E-state index is 9.97. The summed E-state index contributed by atoms with van der Waals surface area (Å²) in [5, 5.41) is 0. The summed E-state index contributed by atoms with van der Waals surface area (Å²) in [6, 6.07) is 0.